The van der Waals surface area contributed by atoms with E-state index in [1.807, 2.05) is 27.7 Å². The van der Waals surface area contributed by atoms with Crippen molar-refractivity contribution in [1.29, 1.82) is 0 Å². The van der Waals surface area contributed by atoms with E-state index >= 15 is 0 Å². The van der Waals surface area contributed by atoms with Gasteiger partial charge in [0.25, 0.3) is 0 Å². The zero-order valence-electron chi connectivity index (χ0n) is 11.6. The molecule has 92 valence electrons. The quantitative estimate of drug-likeness (QED) is 0.751. The maximum absolute atomic E-state index is 4.39. The lowest BCUT2D eigenvalue weighted by Gasteiger charge is -2.04. The molecule has 0 saturated carbocycles. The van der Waals surface area contributed by atoms with Gasteiger partial charge in [0.05, 0.1) is 17.1 Å². The number of aryl methyl sites for hydroxylation is 4. The molecule has 0 atom stereocenters. The minimum atomic E-state index is 0.982. The minimum absolute atomic E-state index is 0.982. The highest BCUT2D eigenvalue weighted by atomic mass is 15.5. The van der Waals surface area contributed by atoms with Crippen LogP contribution < -0.4 is 0 Å². The van der Waals surface area contributed by atoms with Gasteiger partial charge in [-0.3, -0.25) is 0 Å². The smallest absolute Gasteiger partial charge is 0.0888 e. The second-order valence-corrected chi connectivity index (χ2v) is 3.95. The highest BCUT2D eigenvalue weighted by molar-refractivity contribution is 5.41. The number of benzene rings is 1. The number of rotatable bonds is 1. The molecule has 0 saturated heterocycles. The standard InChI is InChI=1S/C12H15N3.C2H6/c1-8-5-6-9(2)12(7-8)15-13-10(3)11(4)14-15;1-2/h5-7H,1-4H3;1-2H3. The van der Waals surface area contributed by atoms with Crippen molar-refractivity contribution in [2.45, 2.75) is 41.5 Å². The summed E-state index contributed by atoms with van der Waals surface area (Å²) in [5.41, 5.74) is 5.44. The van der Waals surface area contributed by atoms with Crippen molar-refractivity contribution in [3.8, 4) is 5.69 Å². The highest BCUT2D eigenvalue weighted by Gasteiger charge is 2.06. The average molecular weight is 231 g/mol. The molecule has 1 aromatic heterocycles. The highest BCUT2D eigenvalue weighted by Crippen LogP contribution is 2.14. The van der Waals surface area contributed by atoms with Crippen LogP contribution in [0.2, 0.25) is 0 Å². The Bertz CT molecular complexity index is 479. The summed E-state index contributed by atoms with van der Waals surface area (Å²) >= 11 is 0. The van der Waals surface area contributed by atoms with Crippen molar-refractivity contribution in [3.05, 3.63) is 40.7 Å². The third kappa shape index (κ3) is 2.93. The van der Waals surface area contributed by atoms with Gasteiger partial charge in [-0.1, -0.05) is 26.0 Å². The molecule has 0 radical (unpaired) electrons. The van der Waals surface area contributed by atoms with Crippen molar-refractivity contribution in [2.75, 3.05) is 0 Å². The van der Waals surface area contributed by atoms with E-state index in [1.54, 1.807) is 4.80 Å². The molecule has 0 bridgehead atoms. The summed E-state index contributed by atoms with van der Waals surface area (Å²) < 4.78 is 0. The SMILES string of the molecule is CC.Cc1ccc(C)c(-n2nc(C)c(C)n2)c1. The molecule has 0 spiro atoms. The first-order valence-corrected chi connectivity index (χ1v) is 6.06. The summed E-state index contributed by atoms with van der Waals surface area (Å²) in [6, 6.07) is 6.30. The lowest BCUT2D eigenvalue weighted by molar-refractivity contribution is 0.735. The Balaban J connectivity index is 0.000000686. The summed E-state index contributed by atoms with van der Waals surface area (Å²) in [5.74, 6) is 0. The largest absolute Gasteiger partial charge is 0.153 e. The second-order valence-electron chi connectivity index (χ2n) is 3.95. The molecule has 0 amide bonds. The van der Waals surface area contributed by atoms with Crippen molar-refractivity contribution < 1.29 is 0 Å². The fourth-order valence-corrected chi connectivity index (χ4v) is 1.49. The second kappa shape index (κ2) is 5.62. The lowest BCUT2D eigenvalue weighted by Crippen LogP contribution is -2.01. The van der Waals surface area contributed by atoms with E-state index in [-0.39, 0.29) is 0 Å². The van der Waals surface area contributed by atoms with Gasteiger partial charge in [-0.25, -0.2) is 0 Å². The summed E-state index contributed by atoms with van der Waals surface area (Å²) in [6.45, 7) is 12.1. The normalized spacial score (nSPS) is 9.76. The molecular formula is C14H21N3. The molecule has 2 aromatic rings. The predicted molar refractivity (Wildman–Crippen MR) is 71.7 cm³/mol. The lowest BCUT2D eigenvalue weighted by atomic mass is 10.1. The monoisotopic (exact) mass is 231 g/mol. The van der Waals surface area contributed by atoms with Gasteiger partial charge < -0.3 is 0 Å². The van der Waals surface area contributed by atoms with E-state index in [4.69, 9.17) is 0 Å². The van der Waals surface area contributed by atoms with Crippen LogP contribution in [0.1, 0.15) is 36.4 Å². The molecule has 0 aliphatic rings. The Morgan fingerprint density at radius 1 is 0.882 bits per heavy atom. The zero-order chi connectivity index (χ0) is 13.0. The average Bonchev–Trinajstić information content (AvgIpc) is 2.65. The van der Waals surface area contributed by atoms with Crippen LogP contribution in [0.15, 0.2) is 18.2 Å². The van der Waals surface area contributed by atoms with Crippen LogP contribution in [0, 0.1) is 27.7 Å². The van der Waals surface area contributed by atoms with Gasteiger partial charge >= 0.3 is 0 Å². The summed E-state index contributed by atoms with van der Waals surface area (Å²) in [4.78, 5) is 1.72. The van der Waals surface area contributed by atoms with Gasteiger partial charge in [0.2, 0.25) is 0 Å². The Morgan fingerprint density at radius 2 is 1.41 bits per heavy atom. The van der Waals surface area contributed by atoms with E-state index < -0.39 is 0 Å². The molecule has 2 rings (SSSR count). The van der Waals surface area contributed by atoms with Gasteiger partial charge in [0, 0.05) is 0 Å². The molecule has 1 heterocycles. The van der Waals surface area contributed by atoms with E-state index in [9.17, 15) is 0 Å². The van der Waals surface area contributed by atoms with Gasteiger partial charge in [-0.15, -0.1) is 0 Å². The van der Waals surface area contributed by atoms with Crippen LogP contribution >= 0.6 is 0 Å². The fraction of sp³-hybridized carbons (Fsp3) is 0.429. The minimum Gasteiger partial charge on any atom is -0.153 e. The van der Waals surface area contributed by atoms with E-state index in [0.717, 1.165) is 17.1 Å². The summed E-state index contributed by atoms with van der Waals surface area (Å²) in [7, 11) is 0. The fourth-order valence-electron chi connectivity index (χ4n) is 1.49. The summed E-state index contributed by atoms with van der Waals surface area (Å²) in [6.07, 6.45) is 0. The first-order chi connectivity index (χ1) is 8.08. The van der Waals surface area contributed by atoms with E-state index in [1.165, 1.54) is 11.1 Å². The molecular weight excluding hydrogens is 210 g/mol. The van der Waals surface area contributed by atoms with Crippen LogP contribution in [-0.2, 0) is 0 Å². The van der Waals surface area contributed by atoms with E-state index in [2.05, 4.69) is 42.2 Å². The van der Waals surface area contributed by atoms with Gasteiger partial charge in [-0.05, 0) is 44.9 Å². The van der Waals surface area contributed by atoms with Gasteiger partial charge in [0.1, 0.15) is 0 Å². The first kappa shape index (κ1) is 13.4. The third-order valence-electron chi connectivity index (χ3n) is 2.59. The zero-order valence-corrected chi connectivity index (χ0v) is 11.6. The third-order valence-corrected chi connectivity index (χ3v) is 2.59. The topological polar surface area (TPSA) is 30.7 Å². The van der Waals surface area contributed by atoms with Gasteiger partial charge in [0.15, 0.2) is 0 Å². The molecule has 3 nitrogen and oxygen atoms in total. The Hall–Kier alpha value is -1.64. The van der Waals surface area contributed by atoms with Crippen molar-refractivity contribution >= 4 is 0 Å². The molecule has 0 aliphatic heterocycles. The summed E-state index contributed by atoms with van der Waals surface area (Å²) in [5, 5.41) is 8.78. The van der Waals surface area contributed by atoms with Crippen molar-refractivity contribution in [2.24, 2.45) is 0 Å². The molecule has 0 aliphatic carbocycles. The van der Waals surface area contributed by atoms with Crippen molar-refractivity contribution in [1.82, 2.24) is 15.0 Å². The molecule has 0 N–H and O–H groups in total. The number of nitrogens with zero attached hydrogens (tertiary/aromatic N) is 3. The maximum atomic E-state index is 4.39. The molecule has 0 unspecified atom stereocenters. The molecule has 17 heavy (non-hydrogen) atoms. The Labute approximate surface area is 103 Å². The predicted octanol–water partition coefficient (Wildman–Crippen LogP) is 3.53. The van der Waals surface area contributed by atoms with Gasteiger partial charge in [-0.2, -0.15) is 15.0 Å². The van der Waals surface area contributed by atoms with Crippen LogP contribution in [0.3, 0.4) is 0 Å². The molecule has 1 aromatic carbocycles. The number of hydrogen-bond acceptors (Lipinski definition) is 2. The Kier molecular flexibility index (Phi) is 4.44. The number of hydrogen-bond donors (Lipinski definition) is 0. The van der Waals surface area contributed by atoms with Crippen molar-refractivity contribution in [3.63, 3.8) is 0 Å². The van der Waals surface area contributed by atoms with Crippen LogP contribution in [0.25, 0.3) is 5.69 Å². The van der Waals surface area contributed by atoms with Crippen LogP contribution in [0.5, 0.6) is 0 Å². The van der Waals surface area contributed by atoms with E-state index in [0.29, 0.717) is 0 Å². The molecule has 0 fully saturated rings. The molecule has 3 heteroatoms. The maximum Gasteiger partial charge on any atom is 0.0888 e. The first-order valence-electron chi connectivity index (χ1n) is 6.06. The Morgan fingerprint density at radius 3 is 1.94 bits per heavy atom. The van der Waals surface area contributed by atoms with Crippen LogP contribution in [0.4, 0.5) is 0 Å². The number of aromatic nitrogens is 3. The van der Waals surface area contributed by atoms with Crippen LogP contribution in [-0.4, -0.2) is 15.0 Å².